The van der Waals surface area contributed by atoms with Gasteiger partial charge in [0.25, 0.3) is 0 Å². The predicted octanol–water partition coefficient (Wildman–Crippen LogP) is 1.91. The SMILES string of the molecule is CC(Nc1ccc(S(C)(=O)=O)cc1)(C(=O)O)C(F)(F)F. The summed E-state index contributed by atoms with van der Waals surface area (Å²) in [5.74, 6) is -2.09. The van der Waals surface area contributed by atoms with E-state index in [1.165, 1.54) is 0 Å². The minimum atomic E-state index is -5.02. The zero-order valence-corrected chi connectivity index (χ0v) is 11.3. The van der Waals surface area contributed by atoms with Gasteiger partial charge < -0.3 is 10.4 Å². The predicted molar refractivity (Wildman–Crippen MR) is 65.3 cm³/mol. The molecule has 1 atom stereocenters. The molecule has 5 nitrogen and oxygen atoms in total. The maximum absolute atomic E-state index is 12.8. The molecule has 1 rings (SSSR count). The number of carboxylic acids is 1. The van der Waals surface area contributed by atoms with Gasteiger partial charge in [-0.15, -0.1) is 0 Å². The first-order chi connectivity index (χ1) is 8.88. The number of sulfone groups is 1. The van der Waals surface area contributed by atoms with E-state index < -0.39 is 27.5 Å². The van der Waals surface area contributed by atoms with Gasteiger partial charge >= 0.3 is 12.1 Å². The Balaban J connectivity index is 3.12. The normalized spacial score (nSPS) is 15.4. The largest absolute Gasteiger partial charge is 0.479 e. The number of halogens is 3. The second-order valence-electron chi connectivity index (χ2n) is 4.35. The molecule has 0 fully saturated rings. The molecule has 0 saturated carbocycles. The molecule has 0 aromatic heterocycles. The monoisotopic (exact) mass is 311 g/mol. The molecule has 1 aromatic carbocycles. The van der Waals surface area contributed by atoms with Gasteiger partial charge in [-0.25, -0.2) is 13.2 Å². The molecule has 0 bridgehead atoms. The first-order valence-corrected chi connectivity index (χ1v) is 7.15. The van der Waals surface area contributed by atoms with E-state index in [0.29, 0.717) is 6.92 Å². The van der Waals surface area contributed by atoms with E-state index in [4.69, 9.17) is 5.11 Å². The highest BCUT2D eigenvalue weighted by Gasteiger charge is 2.57. The summed E-state index contributed by atoms with van der Waals surface area (Å²) in [6.45, 7) is 0.486. The number of aliphatic carboxylic acids is 1. The molecule has 1 aromatic rings. The number of anilines is 1. The molecule has 0 heterocycles. The van der Waals surface area contributed by atoms with E-state index in [1.54, 1.807) is 0 Å². The summed E-state index contributed by atoms with van der Waals surface area (Å²) in [6, 6.07) is 4.33. The molecule has 0 aliphatic rings. The lowest BCUT2D eigenvalue weighted by atomic mass is 10.0. The number of carboxylic acid groups (broad SMARTS) is 1. The zero-order chi connectivity index (χ0) is 15.8. The van der Waals surface area contributed by atoms with E-state index in [-0.39, 0.29) is 10.6 Å². The Morgan fingerprint density at radius 2 is 1.65 bits per heavy atom. The maximum atomic E-state index is 12.8. The third-order valence-corrected chi connectivity index (χ3v) is 3.80. The lowest BCUT2D eigenvalue weighted by Gasteiger charge is -2.29. The van der Waals surface area contributed by atoms with Crippen LogP contribution in [0.25, 0.3) is 0 Å². The fourth-order valence-corrected chi connectivity index (χ4v) is 1.95. The van der Waals surface area contributed by atoms with Gasteiger partial charge in [0, 0.05) is 11.9 Å². The fraction of sp³-hybridized carbons (Fsp3) is 0.364. The average Bonchev–Trinajstić information content (AvgIpc) is 2.26. The Morgan fingerprint density at radius 3 is 1.95 bits per heavy atom. The summed E-state index contributed by atoms with van der Waals surface area (Å²) >= 11 is 0. The summed E-state index contributed by atoms with van der Waals surface area (Å²) < 4.78 is 60.7. The quantitative estimate of drug-likeness (QED) is 0.887. The van der Waals surface area contributed by atoms with Crippen LogP contribution in [0.2, 0.25) is 0 Å². The molecule has 0 aliphatic heterocycles. The van der Waals surface area contributed by atoms with Crippen molar-refractivity contribution in [2.45, 2.75) is 23.5 Å². The number of benzene rings is 1. The highest BCUT2D eigenvalue weighted by molar-refractivity contribution is 7.90. The number of nitrogens with one attached hydrogen (secondary N) is 1. The van der Waals surface area contributed by atoms with E-state index in [2.05, 4.69) is 0 Å². The first-order valence-electron chi connectivity index (χ1n) is 5.26. The van der Waals surface area contributed by atoms with Gasteiger partial charge in [-0.3, -0.25) is 0 Å². The summed E-state index contributed by atoms with van der Waals surface area (Å²) in [7, 11) is -3.47. The van der Waals surface area contributed by atoms with Crippen LogP contribution in [0.5, 0.6) is 0 Å². The number of hydrogen-bond acceptors (Lipinski definition) is 4. The zero-order valence-electron chi connectivity index (χ0n) is 10.5. The van der Waals surface area contributed by atoms with Crippen molar-refractivity contribution in [1.29, 1.82) is 0 Å². The van der Waals surface area contributed by atoms with Crippen molar-refractivity contribution < 1.29 is 31.5 Å². The Labute approximate surface area is 113 Å². The topological polar surface area (TPSA) is 83.5 Å². The molecule has 0 amide bonds. The molecule has 9 heteroatoms. The Kier molecular flexibility index (Phi) is 4.04. The van der Waals surface area contributed by atoms with E-state index in [1.807, 2.05) is 5.32 Å². The number of rotatable bonds is 4. The van der Waals surface area contributed by atoms with Crippen LogP contribution in [0.3, 0.4) is 0 Å². The minimum absolute atomic E-state index is 0.0768. The van der Waals surface area contributed by atoms with Crippen molar-refractivity contribution >= 4 is 21.5 Å². The van der Waals surface area contributed by atoms with Gasteiger partial charge in [-0.1, -0.05) is 0 Å². The molecule has 112 valence electrons. The van der Waals surface area contributed by atoms with Gasteiger partial charge in [0.2, 0.25) is 5.54 Å². The number of carbonyl (C=O) groups is 1. The molecule has 20 heavy (non-hydrogen) atoms. The maximum Gasteiger partial charge on any atom is 0.422 e. The molecule has 2 N–H and O–H groups in total. The van der Waals surface area contributed by atoms with Crippen molar-refractivity contribution in [2.24, 2.45) is 0 Å². The summed E-state index contributed by atoms with van der Waals surface area (Å²) in [6.07, 6.45) is -4.07. The van der Waals surface area contributed by atoms with Crippen molar-refractivity contribution in [3.8, 4) is 0 Å². The summed E-state index contributed by atoms with van der Waals surface area (Å²) in [4.78, 5) is 10.7. The lowest BCUT2D eigenvalue weighted by Crippen LogP contribution is -2.55. The van der Waals surface area contributed by atoms with Crippen LogP contribution in [0, 0.1) is 0 Å². The standard InChI is InChI=1S/C11H12F3NO4S/c1-10(9(16)17,11(12,13)14)15-7-3-5-8(6-4-7)20(2,18)19/h3-6,15H,1-2H3,(H,16,17). The third-order valence-electron chi connectivity index (χ3n) is 2.67. The molecule has 0 spiro atoms. The molecule has 0 radical (unpaired) electrons. The van der Waals surface area contributed by atoms with Crippen molar-refractivity contribution in [3.05, 3.63) is 24.3 Å². The smallest absolute Gasteiger partial charge is 0.422 e. The first kappa shape index (κ1) is 16.3. The van der Waals surface area contributed by atoms with Gasteiger partial charge in [-0.2, -0.15) is 13.2 Å². The lowest BCUT2D eigenvalue weighted by molar-refractivity contribution is -0.192. The molecule has 0 saturated heterocycles. The second-order valence-corrected chi connectivity index (χ2v) is 6.37. The second kappa shape index (κ2) is 4.97. The van der Waals surface area contributed by atoms with Crippen LogP contribution < -0.4 is 5.32 Å². The van der Waals surface area contributed by atoms with Gasteiger partial charge in [0.1, 0.15) is 0 Å². The fourth-order valence-electron chi connectivity index (χ4n) is 1.32. The van der Waals surface area contributed by atoms with Crippen LogP contribution in [-0.4, -0.2) is 37.5 Å². The van der Waals surface area contributed by atoms with E-state index in [9.17, 15) is 26.4 Å². The third kappa shape index (κ3) is 3.21. The van der Waals surface area contributed by atoms with Crippen LogP contribution >= 0.6 is 0 Å². The highest BCUT2D eigenvalue weighted by atomic mass is 32.2. The average molecular weight is 311 g/mol. The van der Waals surface area contributed by atoms with Crippen LogP contribution in [0.1, 0.15) is 6.92 Å². The number of alkyl halides is 3. The van der Waals surface area contributed by atoms with Crippen molar-refractivity contribution in [3.63, 3.8) is 0 Å². The van der Waals surface area contributed by atoms with Crippen LogP contribution in [0.4, 0.5) is 18.9 Å². The van der Waals surface area contributed by atoms with Crippen molar-refractivity contribution in [2.75, 3.05) is 11.6 Å². The Morgan fingerprint density at radius 1 is 1.20 bits per heavy atom. The molecule has 1 unspecified atom stereocenters. The minimum Gasteiger partial charge on any atom is -0.479 e. The van der Waals surface area contributed by atoms with Gasteiger partial charge in [-0.05, 0) is 31.2 Å². The highest BCUT2D eigenvalue weighted by Crippen LogP contribution is 2.33. The number of hydrogen-bond donors (Lipinski definition) is 2. The molecular formula is C11H12F3NO4S. The van der Waals surface area contributed by atoms with Crippen LogP contribution in [-0.2, 0) is 14.6 Å². The molecular weight excluding hydrogens is 299 g/mol. The van der Waals surface area contributed by atoms with Gasteiger partial charge in [0.05, 0.1) is 4.90 Å². The Bertz CT molecular complexity index is 610. The van der Waals surface area contributed by atoms with Crippen molar-refractivity contribution in [1.82, 2.24) is 0 Å². The Hall–Kier alpha value is -1.77. The van der Waals surface area contributed by atoms with E-state index in [0.717, 1.165) is 30.5 Å². The van der Waals surface area contributed by atoms with Crippen LogP contribution in [0.15, 0.2) is 29.2 Å². The molecule has 0 aliphatic carbocycles. The summed E-state index contributed by atoms with van der Waals surface area (Å²) in [5.41, 5.74) is -3.32. The summed E-state index contributed by atoms with van der Waals surface area (Å²) in [5, 5.41) is 10.6. The van der Waals surface area contributed by atoms with Gasteiger partial charge in [0.15, 0.2) is 9.84 Å². The van der Waals surface area contributed by atoms with E-state index >= 15 is 0 Å².